The zero-order chi connectivity index (χ0) is 9.97. The first-order valence-electron chi connectivity index (χ1n) is 5.18. The number of nitrogens with one attached hydrogen (secondary N) is 1. The molecule has 0 fully saturated rings. The summed E-state index contributed by atoms with van der Waals surface area (Å²) in [6, 6.07) is 8.60. The van der Waals surface area contributed by atoms with Gasteiger partial charge in [-0.3, -0.25) is 4.79 Å². The van der Waals surface area contributed by atoms with Crippen LogP contribution in [0.15, 0.2) is 24.3 Å². The van der Waals surface area contributed by atoms with Gasteiger partial charge in [0.1, 0.15) is 0 Å². The molecule has 0 aromatic heterocycles. The number of amides is 1. The van der Waals surface area contributed by atoms with E-state index < -0.39 is 0 Å². The first-order valence-corrected chi connectivity index (χ1v) is 5.18. The highest BCUT2D eigenvalue weighted by atomic mass is 16.1. The summed E-state index contributed by atoms with van der Waals surface area (Å²) in [5.74, 6) is 0.145. The van der Waals surface area contributed by atoms with Crippen molar-refractivity contribution in [1.29, 1.82) is 0 Å². The Balaban J connectivity index is 2.14. The van der Waals surface area contributed by atoms with Gasteiger partial charge in [-0.05, 0) is 24.0 Å². The molecule has 0 saturated heterocycles. The van der Waals surface area contributed by atoms with Crippen LogP contribution < -0.4 is 5.32 Å². The van der Waals surface area contributed by atoms with Crippen LogP contribution in [0.25, 0.3) is 0 Å². The molecule has 74 valence electrons. The van der Waals surface area contributed by atoms with E-state index in [1.54, 1.807) is 0 Å². The summed E-state index contributed by atoms with van der Waals surface area (Å²) in [5.41, 5.74) is 2.68. The van der Waals surface area contributed by atoms with E-state index in [1.165, 1.54) is 11.1 Å². The van der Waals surface area contributed by atoms with Crippen molar-refractivity contribution in [2.75, 3.05) is 0 Å². The summed E-state index contributed by atoms with van der Waals surface area (Å²) in [7, 11) is 0. The predicted octanol–water partition coefficient (Wildman–Crippen LogP) is 2.20. The number of carbonyl (C=O) groups excluding carboxylic acids is 1. The van der Waals surface area contributed by atoms with E-state index in [-0.39, 0.29) is 11.9 Å². The highest BCUT2D eigenvalue weighted by molar-refractivity contribution is 5.76. The van der Waals surface area contributed by atoms with Crippen LogP contribution in [-0.2, 0) is 11.2 Å². The molecule has 1 aliphatic rings. The lowest BCUT2D eigenvalue weighted by molar-refractivity contribution is -0.121. The third-order valence-corrected chi connectivity index (χ3v) is 2.79. The Morgan fingerprint density at radius 2 is 2.29 bits per heavy atom. The summed E-state index contributed by atoms with van der Waals surface area (Å²) in [4.78, 5) is 11.3. The van der Waals surface area contributed by atoms with Crippen molar-refractivity contribution in [1.82, 2.24) is 5.32 Å². The fourth-order valence-electron chi connectivity index (χ4n) is 2.00. The van der Waals surface area contributed by atoms with Gasteiger partial charge in [-0.2, -0.15) is 0 Å². The molecule has 0 bridgehead atoms. The predicted molar refractivity (Wildman–Crippen MR) is 55.9 cm³/mol. The molecule has 1 amide bonds. The van der Waals surface area contributed by atoms with Gasteiger partial charge in [-0.25, -0.2) is 0 Å². The van der Waals surface area contributed by atoms with Gasteiger partial charge < -0.3 is 5.32 Å². The number of rotatable bonds is 2. The number of benzene rings is 1. The Hall–Kier alpha value is -1.31. The molecular weight excluding hydrogens is 174 g/mol. The fourth-order valence-corrected chi connectivity index (χ4v) is 2.00. The van der Waals surface area contributed by atoms with Crippen LogP contribution in [0.4, 0.5) is 0 Å². The third-order valence-electron chi connectivity index (χ3n) is 2.79. The average molecular weight is 189 g/mol. The van der Waals surface area contributed by atoms with Crippen LogP contribution in [0, 0.1) is 0 Å². The quantitative estimate of drug-likeness (QED) is 0.759. The van der Waals surface area contributed by atoms with Crippen molar-refractivity contribution in [2.45, 2.75) is 32.2 Å². The van der Waals surface area contributed by atoms with Crippen LogP contribution in [0.1, 0.15) is 36.9 Å². The minimum absolute atomic E-state index is 0.145. The maximum absolute atomic E-state index is 11.3. The molecule has 0 spiro atoms. The second kappa shape index (κ2) is 3.82. The van der Waals surface area contributed by atoms with Gasteiger partial charge in [0.05, 0.1) is 6.04 Å². The number of hydrogen-bond donors (Lipinski definition) is 1. The van der Waals surface area contributed by atoms with Crippen molar-refractivity contribution >= 4 is 5.91 Å². The minimum Gasteiger partial charge on any atom is -0.349 e. The normalized spacial score (nSPS) is 19.1. The van der Waals surface area contributed by atoms with Crippen LogP contribution in [0.3, 0.4) is 0 Å². The number of fused-ring (bicyclic) bond motifs is 1. The molecule has 2 heteroatoms. The maximum Gasteiger partial charge on any atom is 0.220 e. The maximum atomic E-state index is 11.3. The molecule has 1 aromatic rings. The molecular formula is C12H15NO. The van der Waals surface area contributed by atoms with E-state index in [0.29, 0.717) is 6.42 Å². The molecule has 0 unspecified atom stereocenters. The van der Waals surface area contributed by atoms with E-state index in [1.807, 2.05) is 13.0 Å². The summed E-state index contributed by atoms with van der Waals surface area (Å²) in [6.45, 7) is 1.89. The lowest BCUT2D eigenvalue weighted by atomic mass is 10.1. The Bertz CT molecular complexity index is 346. The first kappa shape index (κ1) is 9.25. The van der Waals surface area contributed by atoms with Crippen LogP contribution in [0.2, 0.25) is 0 Å². The Morgan fingerprint density at radius 3 is 3.07 bits per heavy atom. The summed E-state index contributed by atoms with van der Waals surface area (Å²) < 4.78 is 0. The molecule has 1 N–H and O–H groups in total. The van der Waals surface area contributed by atoms with Gasteiger partial charge in [0.15, 0.2) is 0 Å². The highest BCUT2D eigenvalue weighted by Crippen LogP contribution is 2.30. The monoisotopic (exact) mass is 189 g/mol. The van der Waals surface area contributed by atoms with E-state index in [9.17, 15) is 4.79 Å². The largest absolute Gasteiger partial charge is 0.349 e. The van der Waals surface area contributed by atoms with Crippen LogP contribution >= 0.6 is 0 Å². The number of carbonyl (C=O) groups is 1. The smallest absolute Gasteiger partial charge is 0.220 e. The molecule has 2 rings (SSSR count). The molecule has 0 radical (unpaired) electrons. The van der Waals surface area contributed by atoms with Gasteiger partial charge >= 0.3 is 0 Å². The van der Waals surface area contributed by atoms with Crippen LogP contribution in [0.5, 0.6) is 0 Å². The van der Waals surface area contributed by atoms with E-state index in [4.69, 9.17) is 0 Å². The topological polar surface area (TPSA) is 29.1 Å². The summed E-state index contributed by atoms with van der Waals surface area (Å²) in [5, 5.41) is 3.05. The summed E-state index contributed by atoms with van der Waals surface area (Å²) >= 11 is 0. The molecule has 1 aliphatic carbocycles. The lowest BCUT2D eigenvalue weighted by Crippen LogP contribution is -2.26. The summed E-state index contributed by atoms with van der Waals surface area (Å²) in [6.07, 6.45) is 2.70. The second-order valence-electron chi connectivity index (χ2n) is 3.71. The molecule has 0 saturated carbocycles. The van der Waals surface area contributed by atoms with Crippen molar-refractivity contribution in [3.8, 4) is 0 Å². The van der Waals surface area contributed by atoms with E-state index in [2.05, 4.69) is 23.5 Å². The number of hydrogen-bond acceptors (Lipinski definition) is 1. The zero-order valence-corrected chi connectivity index (χ0v) is 8.42. The van der Waals surface area contributed by atoms with E-state index in [0.717, 1.165) is 12.8 Å². The molecule has 0 aliphatic heterocycles. The van der Waals surface area contributed by atoms with Crippen molar-refractivity contribution in [3.63, 3.8) is 0 Å². The fraction of sp³-hybridized carbons (Fsp3) is 0.417. The molecule has 1 aromatic carbocycles. The lowest BCUT2D eigenvalue weighted by Gasteiger charge is -2.12. The standard InChI is InChI=1S/C12H15NO/c1-2-12(14)13-11-8-7-9-5-3-4-6-10(9)11/h3-6,11H,2,7-8H2,1H3,(H,13,14)/t11-/m0/s1. The number of aryl methyl sites for hydroxylation is 1. The van der Waals surface area contributed by atoms with Crippen molar-refractivity contribution in [2.24, 2.45) is 0 Å². The molecule has 0 heterocycles. The van der Waals surface area contributed by atoms with Gasteiger partial charge in [0, 0.05) is 6.42 Å². The van der Waals surface area contributed by atoms with Gasteiger partial charge in [0.25, 0.3) is 0 Å². The minimum atomic E-state index is 0.145. The zero-order valence-electron chi connectivity index (χ0n) is 8.42. The average Bonchev–Trinajstić information content (AvgIpc) is 2.62. The Labute approximate surface area is 84.3 Å². The highest BCUT2D eigenvalue weighted by Gasteiger charge is 2.22. The second-order valence-corrected chi connectivity index (χ2v) is 3.71. The SMILES string of the molecule is CCC(=O)N[C@H]1CCc2ccccc21. The van der Waals surface area contributed by atoms with Crippen molar-refractivity contribution in [3.05, 3.63) is 35.4 Å². The van der Waals surface area contributed by atoms with Crippen LogP contribution in [-0.4, -0.2) is 5.91 Å². The molecule has 1 atom stereocenters. The molecule has 14 heavy (non-hydrogen) atoms. The van der Waals surface area contributed by atoms with E-state index >= 15 is 0 Å². The Morgan fingerprint density at radius 1 is 1.50 bits per heavy atom. The third kappa shape index (κ3) is 1.65. The van der Waals surface area contributed by atoms with Gasteiger partial charge in [-0.15, -0.1) is 0 Å². The first-order chi connectivity index (χ1) is 6.81. The van der Waals surface area contributed by atoms with Gasteiger partial charge in [0.2, 0.25) is 5.91 Å². The van der Waals surface area contributed by atoms with Gasteiger partial charge in [-0.1, -0.05) is 31.2 Å². The Kier molecular flexibility index (Phi) is 2.53. The van der Waals surface area contributed by atoms with Crippen molar-refractivity contribution < 1.29 is 4.79 Å². The molecule has 2 nitrogen and oxygen atoms in total.